The van der Waals surface area contributed by atoms with Gasteiger partial charge in [0, 0.05) is 29.3 Å². The van der Waals surface area contributed by atoms with Crippen LogP contribution < -0.4 is 20.1 Å². The van der Waals surface area contributed by atoms with Crippen molar-refractivity contribution in [3.05, 3.63) is 53.1 Å². The summed E-state index contributed by atoms with van der Waals surface area (Å²) in [6.07, 6.45) is -5.50. The first kappa shape index (κ1) is 24.8. The molecule has 10 nitrogen and oxygen atoms in total. The SMILES string of the molecule is COc1cc(COC(=O)Nc2cccc(OC(F)(F)F)c2)cc2c1CN(C1CCC(=O)NC1=O)C2=O. The summed E-state index contributed by atoms with van der Waals surface area (Å²) < 4.78 is 51.5. The molecule has 1 saturated heterocycles. The predicted octanol–water partition coefficient (Wildman–Crippen LogP) is 3.10. The number of hydrogen-bond donors (Lipinski definition) is 2. The Hall–Kier alpha value is -4.29. The number of alkyl halides is 3. The van der Waals surface area contributed by atoms with Crippen LogP contribution in [0.15, 0.2) is 36.4 Å². The first-order valence-corrected chi connectivity index (χ1v) is 10.7. The smallest absolute Gasteiger partial charge is 0.496 e. The maximum absolute atomic E-state index is 13.0. The second kappa shape index (κ2) is 9.76. The highest BCUT2D eigenvalue weighted by Crippen LogP contribution is 2.35. The molecule has 0 bridgehead atoms. The van der Waals surface area contributed by atoms with E-state index in [1.807, 2.05) is 0 Å². The van der Waals surface area contributed by atoms with Crippen LogP contribution in [0.5, 0.6) is 11.5 Å². The molecule has 2 aliphatic rings. The highest BCUT2D eigenvalue weighted by Gasteiger charge is 2.40. The van der Waals surface area contributed by atoms with E-state index in [4.69, 9.17) is 9.47 Å². The van der Waals surface area contributed by atoms with Crippen molar-refractivity contribution >= 4 is 29.5 Å². The van der Waals surface area contributed by atoms with Gasteiger partial charge in [0.2, 0.25) is 11.8 Å². The molecule has 0 radical (unpaired) electrons. The van der Waals surface area contributed by atoms with E-state index in [1.54, 1.807) is 6.07 Å². The molecular weight excluding hydrogens is 487 g/mol. The number of anilines is 1. The Morgan fingerprint density at radius 1 is 1.19 bits per heavy atom. The summed E-state index contributed by atoms with van der Waals surface area (Å²) in [5.74, 6) is -1.52. The fourth-order valence-corrected chi connectivity index (χ4v) is 4.02. The lowest BCUT2D eigenvalue weighted by atomic mass is 10.0. The molecule has 1 fully saturated rings. The summed E-state index contributed by atoms with van der Waals surface area (Å²) in [5.41, 5.74) is 1.26. The van der Waals surface area contributed by atoms with E-state index in [0.717, 1.165) is 12.1 Å². The summed E-state index contributed by atoms with van der Waals surface area (Å²) in [6, 6.07) is 6.97. The molecule has 4 amide bonds. The zero-order valence-corrected chi connectivity index (χ0v) is 18.8. The number of hydrogen-bond acceptors (Lipinski definition) is 7. The van der Waals surface area contributed by atoms with E-state index in [0.29, 0.717) is 16.9 Å². The van der Waals surface area contributed by atoms with Gasteiger partial charge in [-0.2, -0.15) is 0 Å². The van der Waals surface area contributed by atoms with Crippen molar-refractivity contribution in [1.82, 2.24) is 10.2 Å². The minimum atomic E-state index is -4.88. The Labute approximate surface area is 202 Å². The van der Waals surface area contributed by atoms with Crippen LogP contribution in [0.25, 0.3) is 0 Å². The van der Waals surface area contributed by atoms with Crippen LogP contribution >= 0.6 is 0 Å². The lowest BCUT2D eigenvalue weighted by molar-refractivity contribution is -0.274. The van der Waals surface area contributed by atoms with Gasteiger partial charge in [-0.15, -0.1) is 13.2 Å². The molecule has 1 unspecified atom stereocenters. The molecule has 36 heavy (non-hydrogen) atoms. The number of rotatable bonds is 6. The van der Waals surface area contributed by atoms with Crippen LogP contribution in [0.3, 0.4) is 0 Å². The quantitative estimate of drug-likeness (QED) is 0.576. The van der Waals surface area contributed by atoms with Gasteiger partial charge in [0.05, 0.1) is 13.7 Å². The highest BCUT2D eigenvalue weighted by atomic mass is 19.4. The van der Waals surface area contributed by atoms with E-state index in [1.165, 1.54) is 30.2 Å². The zero-order valence-electron chi connectivity index (χ0n) is 18.8. The van der Waals surface area contributed by atoms with Crippen molar-refractivity contribution in [3.63, 3.8) is 0 Å². The van der Waals surface area contributed by atoms with Crippen molar-refractivity contribution in [2.45, 2.75) is 38.4 Å². The lowest BCUT2D eigenvalue weighted by Crippen LogP contribution is -2.52. The predicted molar refractivity (Wildman–Crippen MR) is 116 cm³/mol. The topological polar surface area (TPSA) is 123 Å². The molecule has 2 aliphatic heterocycles. The minimum Gasteiger partial charge on any atom is -0.496 e. The maximum atomic E-state index is 13.0. The zero-order chi connectivity index (χ0) is 26.0. The van der Waals surface area contributed by atoms with Crippen LogP contribution in [-0.4, -0.2) is 48.2 Å². The van der Waals surface area contributed by atoms with Crippen molar-refractivity contribution < 1.29 is 46.6 Å². The molecule has 0 aromatic heterocycles. The average Bonchev–Trinajstić information content (AvgIpc) is 3.12. The molecule has 1 atom stereocenters. The van der Waals surface area contributed by atoms with Crippen LogP contribution in [0.4, 0.5) is 23.7 Å². The van der Waals surface area contributed by atoms with E-state index < -0.39 is 42.0 Å². The van der Waals surface area contributed by atoms with Gasteiger partial charge in [0.1, 0.15) is 24.1 Å². The third-order valence-corrected chi connectivity index (χ3v) is 5.58. The number of nitrogens with zero attached hydrogens (tertiary/aromatic N) is 1. The number of imide groups is 1. The summed E-state index contributed by atoms with van der Waals surface area (Å²) in [6.45, 7) is -0.165. The molecule has 0 saturated carbocycles. The molecule has 2 aromatic rings. The number of amides is 4. The molecule has 4 rings (SSSR count). The van der Waals surface area contributed by atoms with Crippen LogP contribution in [0.2, 0.25) is 0 Å². The summed E-state index contributed by atoms with van der Waals surface area (Å²) in [5, 5.41) is 4.53. The Morgan fingerprint density at radius 2 is 1.97 bits per heavy atom. The van der Waals surface area contributed by atoms with E-state index >= 15 is 0 Å². The molecule has 2 N–H and O–H groups in total. The minimum absolute atomic E-state index is 0.0170. The van der Waals surface area contributed by atoms with Crippen molar-refractivity contribution in [2.75, 3.05) is 12.4 Å². The lowest BCUT2D eigenvalue weighted by Gasteiger charge is -2.29. The number of fused-ring (bicyclic) bond motifs is 1. The van der Waals surface area contributed by atoms with Gasteiger partial charge in [-0.1, -0.05) is 6.07 Å². The van der Waals surface area contributed by atoms with Gasteiger partial charge < -0.3 is 19.1 Å². The number of piperidine rings is 1. The Bertz CT molecular complexity index is 1230. The monoisotopic (exact) mass is 507 g/mol. The van der Waals surface area contributed by atoms with Crippen molar-refractivity contribution in [1.29, 1.82) is 0 Å². The number of carbonyl (C=O) groups excluding carboxylic acids is 4. The van der Waals surface area contributed by atoms with Gasteiger partial charge in [-0.05, 0) is 36.2 Å². The molecule has 2 aromatic carbocycles. The van der Waals surface area contributed by atoms with E-state index in [9.17, 15) is 32.3 Å². The van der Waals surface area contributed by atoms with E-state index in [2.05, 4.69) is 15.4 Å². The van der Waals surface area contributed by atoms with Gasteiger partial charge in [-0.25, -0.2) is 4.79 Å². The van der Waals surface area contributed by atoms with Crippen LogP contribution in [-0.2, 0) is 27.5 Å². The number of nitrogens with one attached hydrogen (secondary N) is 2. The van der Waals surface area contributed by atoms with Gasteiger partial charge in [0.15, 0.2) is 0 Å². The summed E-state index contributed by atoms with van der Waals surface area (Å²) in [4.78, 5) is 50.3. The highest BCUT2D eigenvalue weighted by molar-refractivity contribution is 6.05. The Kier molecular flexibility index (Phi) is 6.73. The largest absolute Gasteiger partial charge is 0.573 e. The maximum Gasteiger partial charge on any atom is 0.573 e. The summed E-state index contributed by atoms with van der Waals surface area (Å²) >= 11 is 0. The number of benzene rings is 2. The fraction of sp³-hybridized carbons (Fsp3) is 0.304. The van der Waals surface area contributed by atoms with Crippen LogP contribution in [0, 0.1) is 0 Å². The Morgan fingerprint density at radius 3 is 2.67 bits per heavy atom. The molecular formula is C23H20F3N3O7. The van der Waals surface area contributed by atoms with Gasteiger partial charge in [0.25, 0.3) is 5.91 Å². The number of halogens is 3. The average molecular weight is 507 g/mol. The van der Waals surface area contributed by atoms with Crippen molar-refractivity contribution in [3.8, 4) is 11.5 Å². The normalized spacial score (nSPS) is 17.4. The van der Waals surface area contributed by atoms with Crippen LogP contribution in [0.1, 0.15) is 34.3 Å². The molecule has 13 heteroatoms. The Balaban J connectivity index is 1.43. The second-order valence-corrected chi connectivity index (χ2v) is 8.00. The molecule has 190 valence electrons. The third kappa shape index (κ3) is 5.50. The standard InChI is InChI=1S/C23H20F3N3O7/c1-34-18-8-12(11-35-22(33)27-13-3-2-4-14(9-13)36-23(24,25)26)7-15-16(18)10-29(21(15)32)17-5-6-19(30)28-20(17)31/h2-4,7-9,17H,5-6,10-11H2,1H3,(H,27,33)(H,28,30,31). The third-order valence-electron chi connectivity index (χ3n) is 5.58. The number of ether oxygens (including phenoxy) is 3. The van der Waals surface area contributed by atoms with Crippen molar-refractivity contribution in [2.24, 2.45) is 0 Å². The number of methoxy groups -OCH3 is 1. The first-order chi connectivity index (χ1) is 17.0. The van der Waals surface area contributed by atoms with Gasteiger partial charge in [-0.3, -0.25) is 25.0 Å². The van der Waals surface area contributed by atoms with E-state index in [-0.39, 0.29) is 37.2 Å². The first-order valence-electron chi connectivity index (χ1n) is 10.7. The second-order valence-electron chi connectivity index (χ2n) is 8.00. The molecule has 0 aliphatic carbocycles. The fourth-order valence-electron chi connectivity index (χ4n) is 4.02. The molecule has 2 heterocycles. The summed E-state index contributed by atoms with van der Waals surface area (Å²) in [7, 11) is 1.40. The molecule has 0 spiro atoms. The number of carbonyl (C=O) groups is 4. The van der Waals surface area contributed by atoms with Gasteiger partial charge >= 0.3 is 12.5 Å².